The van der Waals surface area contributed by atoms with Gasteiger partial charge in [-0.05, 0) is 0 Å². The molecule has 1 unspecified atom stereocenters. The van der Waals surface area contributed by atoms with Crippen molar-refractivity contribution in [3.05, 3.63) is 23.5 Å². The van der Waals surface area contributed by atoms with E-state index < -0.39 is 0 Å². The van der Waals surface area contributed by atoms with Crippen LogP contribution in [0.4, 0.5) is 0 Å². The summed E-state index contributed by atoms with van der Waals surface area (Å²) in [6.45, 7) is 3.69. The quantitative estimate of drug-likeness (QED) is 0.879. The van der Waals surface area contributed by atoms with Gasteiger partial charge in [-0.3, -0.25) is 4.40 Å². The van der Waals surface area contributed by atoms with Crippen LogP contribution >= 0.6 is 11.3 Å². The minimum atomic E-state index is 0.174. The summed E-state index contributed by atoms with van der Waals surface area (Å²) in [4.78, 5) is 5.54. The van der Waals surface area contributed by atoms with Crippen LogP contribution in [0.2, 0.25) is 0 Å². The third-order valence-corrected chi connectivity index (χ3v) is 3.48. The van der Waals surface area contributed by atoms with Crippen molar-refractivity contribution in [2.75, 3.05) is 26.4 Å². The van der Waals surface area contributed by atoms with Crippen molar-refractivity contribution >= 4 is 16.3 Å². The molecule has 1 fully saturated rings. The van der Waals surface area contributed by atoms with E-state index in [1.807, 2.05) is 16.0 Å². The summed E-state index contributed by atoms with van der Waals surface area (Å²) >= 11 is 1.65. The van der Waals surface area contributed by atoms with Gasteiger partial charge in [-0.2, -0.15) is 0 Å². The molecule has 2 aromatic heterocycles. The summed E-state index contributed by atoms with van der Waals surface area (Å²) in [6, 6.07) is 0. The highest BCUT2D eigenvalue weighted by atomic mass is 32.1. The summed E-state index contributed by atoms with van der Waals surface area (Å²) in [6.07, 6.45) is 4.25. The number of hydrogen-bond donors (Lipinski definition) is 1. The first-order chi connectivity index (χ1) is 8.42. The zero-order valence-corrected chi connectivity index (χ0v) is 10.3. The second kappa shape index (κ2) is 5.14. The van der Waals surface area contributed by atoms with Gasteiger partial charge in [-0.15, -0.1) is 11.3 Å². The Kier molecular flexibility index (Phi) is 3.37. The number of imidazole rings is 1. The van der Waals surface area contributed by atoms with Crippen LogP contribution in [0.3, 0.4) is 0 Å². The van der Waals surface area contributed by atoms with Crippen LogP contribution in [-0.4, -0.2) is 41.9 Å². The van der Waals surface area contributed by atoms with Crippen molar-refractivity contribution in [1.82, 2.24) is 14.7 Å². The SMILES string of the molecule is c1cn2cc(CNCC3COCCO3)nc2s1. The van der Waals surface area contributed by atoms with E-state index in [4.69, 9.17) is 9.47 Å². The molecular weight excluding hydrogens is 238 g/mol. The van der Waals surface area contributed by atoms with Crippen molar-refractivity contribution in [2.24, 2.45) is 0 Å². The van der Waals surface area contributed by atoms with E-state index in [0.29, 0.717) is 19.8 Å². The molecule has 5 nitrogen and oxygen atoms in total. The smallest absolute Gasteiger partial charge is 0.193 e. The largest absolute Gasteiger partial charge is 0.376 e. The van der Waals surface area contributed by atoms with E-state index in [1.165, 1.54) is 0 Å². The van der Waals surface area contributed by atoms with Gasteiger partial charge in [0.05, 0.1) is 31.6 Å². The summed E-state index contributed by atoms with van der Waals surface area (Å²) in [7, 11) is 0. The number of rotatable bonds is 4. The number of ether oxygens (including phenoxy) is 2. The van der Waals surface area contributed by atoms with Crippen LogP contribution in [0.15, 0.2) is 17.8 Å². The number of thiazole rings is 1. The standard InChI is InChI=1S/C11H15N3O2S/c1-4-17-11-13-9(7-14(1)11)5-12-6-10-8-15-2-3-16-10/h1,4,7,10,12H,2-3,5-6,8H2. The summed E-state index contributed by atoms with van der Waals surface area (Å²) < 4.78 is 12.9. The first kappa shape index (κ1) is 11.2. The highest BCUT2D eigenvalue weighted by Gasteiger charge is 2.13. The van der Waals surface area contributed by atoms with Crippen LogP contribution in [-0.2, 0) is 16.0 Å². The zero-order chi connectivity index (χ0) is 11.5. The lowest BCUT2D eigenvalue weighted by molar-refractivity contribution is -0.0864. The number of hydrogen-bond acceptors (Lipinski definition) is 5. The molecule has 2 aromatic rings. The molecule has 3 heterocycles. The van der Waals surface area contributed by atoms with E-state index >= 15 is 0 Å². The monoisotopic (exact) mass is 253 g/mol. The van der Waals surface area contributed by atoms with Gasteiger partial charge in [0.1, 0.15) is 0 Å². The second-order valence-corrected chi connectivity index (χ2v) is 4.90. The zero-order valence-electron chi connectivity index (χ0n) is 9.46. The maximum Gasteiger partial charge on any atom is 0.193 e. The summed E-state index contributed by atoms with van der Waals surface area (Å²) in [5.41, 5.74) is 1.06. The van der Waals surface area contributed by atoms with Crippen LogP contribution in [0.1, 0.15) is 5.69 Å². The molecule has 92 valence electrons. The van der Waals surface area contributed by atoms with E-state index in [1.54, 1.807) is 11.3 Å². The predicted octanol–water partition coefficient (Wildman–Crippen LogP) is 0.901. The molecule has 1 aliphatic heterocycles. The van der Waals surface area contributed by atoms with Gasteiger partial charge >= 0.3 is 0 Å². The van der Waals surface area contributed by atoms with Crippen LogP contribution in [0.5, 0.6) is 0 Å². The number of aromatic nitrogens is 2. The van der Waals surface area contributed by atoms with Gasteiger partial charge < -0.3 is 14.8 Å². The topological polar surface area (TPSA) is 47.8 Å². The summed E-state index contributed by atoms with van der Waals surface area (Å²) in [5.74, 6) is 0. The molecule has 1 N–H and O–H groups in total. The molecule has 1 aliphatic rings. The minimum absolute atomic E-state index is 0.174. The van der Waals surface area contributed by atoms with E-state index in [0.717, 1.165) is 23.7 Å². The highest BCUT2D eigenvalue weighted by molar-refractivity contribution is 7.15. The lowest BCUT2D eigenvalue weighted by Gasteiger charge is -2.22. The molecule has 0 spiro atoms. The Labute approximate surface area is 103 Å². The first-order valence-electron chi connectivity index (χ1n) is 5.73. The Hall–Kier alpha value is -0.950. The van der Waals surface area contributed by atoms with E-state index in [2.05, 4.69) is 16.5 Å². The Morgan fingerprint density at radius 1 is 1.53 bits per heavy atom. The Balaban J connectivity index is 1.49. The minimum Gasteiger partial charge on any atom is -0.376 e. The molecule has 0 radical (unpaired) electrons. The number of nitrogens with zero attached hydrogens (tertiary/aromatic N) is 2. The first-order valence-corrected chi connectivity index (χ1v) is 6.61. The fraction of sp³-hybridized carbons (Fsp3) is 0.545. The lowest BCUT2D eigenvalue weighted by Crippen LogP contribution is -2.37. The summed E-state index contributed by atoms with van der Waals surface area (Å²) in [5, 5.41) is 5.38. The van der Waals surface area contributed by atoms with Gasteiger partial charge in [-0.1, -0.05) is 0 Å². The average Bonchev–Trinajstić information content (AvgIpc) is 2.91. The van der Waals surface area contributed by atoms with Crippen LogP contribution < -0.4 is 5.32 Å². The van der Waals surface area contributed by atoms with Crippen molar-refractivity contribution in [1.29, 1.82) is 0 Å². The van der Waals surface area contributed by atoms with Gasteiger partial charge in [-0.25, -0.2) is 4.98 Å². The molecule has 1 atom stereocenters. The molecule has 1 saturated heterocycles. The molecule has 17 heavy (non-hydrogen) atoms. The van der Waals surface area contributed by atoms with Crippen molar-refractivity contribution < 1.29 is 9.47 Å². The van der Waals surface area contributed by atoms with Gasteiger partial charge in [0.2, 0.25) is 0 Å². The second-order valence-electron chi connectivity index (χ2n) is 4.02. The maximum atomic E-state index is 5.55. The van der Waals surface area contributed by atoms with Crippen LogP contribution in [0, 0.1) is 0 Å². The molecule has 0 saturated carbocycles. The molecule has 0 bridgehead atoms. The third-order valence-electron chi connectivity index (χ3n) is 2.71. The predicted molar refractivity (Wildman–Crippen MR) is 65.3 cm³/mol. The van der Waals surface area contributed by atoms with Gasteiger partial charge in [0.25, 0.3) is 0 Å². The fourth-order valence-corrected chi connectivity index (χ4v) is 2.60. The fourth-order valence-electron chi connectivity index (χ4n) is 1.88. The van der Waals surface area contributed by atoms with Crippen LogP contribution in [0.25, 0.3) is 4.96 Å². The molecule has 0 amide bonds. The lowest BCUT2D eigenvalue weighted by atomic mass is 10.3. The third kappa shape index (κ3) is 2.66. The van der Waals surface area contributed by atoms with Crippen molar-refractivity contribution in [3.8, 4) is 0 Å². The van der Waals surface area contributed by atoms with E-state index in [-0.39, 0.29) is 6.10 Å². The average molecular weight is 253 g/mol. The van der Waals surface area contributed by atoms with Crippen molar-refractivity contribution in [3.63, 3.8) is 0 Å². The van der Waals surface area contributed by atoms with Gasteiger partial charge in [0, 0.05) is 30.9 Å². The highest BCUT2D eigenvalue weighted by Crippen LogP contribution is 2.11. The maximum absolute atomic E-state index is 5.55. The van der Waals surface area contributed by atoms with Gasteiger partial charge in [0.15, 0.2) is 4.96 Å². The molecular formula is C11H15N3O2S. The molecule has 6 heteroatoms. The van der Waals surface area contributed by atoms with E-state index in [9.17, 15) is 0 Å². The Bertz CT molecular complexity index is 447. The number of nitrogens with one attached hydrogen (secondary N) is 1. The molecule has 0 aromatic carbocycles. The molecule has 3 rings (SSSR count). The normalized spacial score (nSPS) is 21.1. The molecule has 0 aliphatic carbocycles. The Morgan fingerprint density at radius 2 is 2.53 bits per heavy atom. The van der Waals surface area contributed by atoms with Crippen molar-refractivity contribution in [2.45, 2.75) is 12.6 Å². The number of fused-ring (bicyclic) bond motifs is 1. The Morgan fingerprint density at radius 3 is 3.35 bits per heavy atom.